The second-order valence-electron chi connectivity index (χ2n) is 7.21. The zero-order chi connectivity index (χ0) is 20.8. The number of likely N-dealkylation sites (N-methyl/N-ethyl adjacent to an activating group) is 1. The van der Waals surface area contributed by atoms with E-state index < -0.39 is 12.1 Å². The van der Waals surface area contributed by atoms with Crippen LogP contribution in [-0.2, 0) is 9.53 Å². The molecule has 0 aliphatic heterocycles. The van der Waals surface area contributed by atoms with E-state index in [1.165, 1.54) is 34.1 Å². The third-order valence-corrected chi connectivity index (χ3v) is 5.09. The normalized spacial score (nSPS) is 13.1. The first-order valence-corrected chi connectivity index (χ1v) is 10.00. The van der Waals surface area contributed by atoms with E-state index in [0.29, 0.717) is 0 Å². The number of rotatable bonds is 5. The molecule has 0 bridgehead atoms. The lowest BCUT2D eigenvalue weighted by atomic mass is 9.98. The summed E-state index contributed by atoms with van der Waals surface area (Å²) in [5.74, 6) is 0.0311. The summed E-state index contributed by atoms with van der Waals surface area (Å²) in [4.78, 5) is 25.8. The zero-order valence-corrected chi connectivity index (χ0v) is 17.7. The van der Waals surface area contributed by atoms with Crippen molar-refractivity contribution in [1.29, 1.82) is 0 Å². The van der Waals surface area contributed by atoms with Gasteiger partial charge in [0.05, 0.1) is 6.04 Å². The number of carbonyl (C=O) groups excluding carboxylic acids is 2. The number of carbonyl (C=O) groups is 2. The lowest BCUT2D eigenvalue weighted by Crippen LogP contribution is -2.45. The van der Waals surface area contributed by atoms with Crippen molar-refractivity contribution in [3.8, 4) is 11.1 Å². The van der Waals surface area contributed by atoms with Gasteiger partial charge in [-0.25, -0.2) is 4.79 Å². The topological polar surface area (TPSA) is 46.6 Å². The van der Waals surface area contributed by atoms with E-state index in [9.17, 15) is 9.59 Å². The molecule has 0 radical (unpaired) electrons. The highest BCUT2D eigenvalue weighted by Crippen LogP contribution is 2.44. The number of hydrogen-bond donors (Lipinski definition) is 0. The standard InChI is InChI=1S/C22H25NO3.C2H6/c1-14(2)21(15(3)24)23(4)22(25)26-13-20-18-11-7-5-9-16(18)17-10-6-8-12-19(17)20;1-2/h5-12,14,20-21H,13H2,1-4H3;1-2H3. The van der Waals surface area contributed by atoms with Crippen molar-refractivity contribution < 1.29 is 14.3 Å². The Kier molecular flexibility index (Phi) is 7.38. The van der Waals surface area contributed by atoms with Gasteiger partial charge < -0.3 is 9.64 Å². The minimum Gasteiger partial charge on any atom is -0.448 e. The maximum absolute atomic E-state index is 12.5. The third kappa shape index (κ3) is 4.27. The molecule has 1 aliphatic carbocycles. The zero-order valence-electron chi connectivity index (χ0n) is 17.7. The fourth-order valence-corrected chi connectivity index (χ4v) is 4.00. The minimum atomic E-state index is -0.467. The van der Waals surface area contributed by atoms with Crippen LogP contribution in [0.4, 0.5) is 4.79 Å². The number of amides is 1. The van der Waals surface area contributed by atoms with Crippen LogP contribution in [0, 0.1) is 5.92 Å². The first-order chi connectivity index (χ1) is 13.4. The fraction of sp³-hybridized carbons (Fsp3) is 0.417. The van der Waals surface area contributed by atoms with Gasteiger partial charge in [-0.3, -0.25) is 4.79 Å². The molecule has 0 spiro atoms. The number of ketones is 1. The van der Waals surface area contributed by atoms with E-state index in [0.717, 1.165) is 0 Å². The van der Waals surface area contributed by atoms with Crippen molar-refractivity contribution in [1.82, 2.24) is 4.90 Å². The van der Waals surface area contributed by atoms with Crippen LogP contribution in [-0.4, -0.2) is 36.5 Å². The van der Waals surface area contributed by atoms with Crippen LogP contribution in [0.25, 0.3) is 11.1 Å². The second kappa shape index (κ2) is 9.54. The molecule has 0 heterocycles. The molecule has 3 rings (SSSR count). The van der Waals surface area contributed by atoms with Crippen LogP contribution in [0.1, 0.15) is 51.7 Å². The highest BCUT2D eigenvalue weighted by molar-refractivity contribution is 5.85. The second-order valence-corrected chi connectivity index (χ2v) is 7.21. The van der Waals surface area contributed by atoms with Gasteiger partial charge in [0, 0.05) is 13.0 Å². The van der Waals surface area contributed by atoms with E-state index in [1.807, 2.05) is 52.0 Å². The Morgan fingerprint density at radius 3 is 1.86 bits per heavy atom. The van der Waals surface area contributed by atoms with Crippen molar-refractivity contribution in [2.45, 2.75) is 46.6 Å². The predicted molar refractivity (Wildman–Crippen MR) is 113 cm³/mol. The average molecular weight is 382 g/mol. The molecule has 1 amide bonds. The van der Waals surface area contributed by atoms with Gasteiger partial charge in [-0.1, -0.05) is 76.2 Å². The third-order valence-electron chi connectivity index (χ3n) is 5.09. The van der Waals surface area contributed by atoms with Gasteiger partial charge in [0.15, 0.2) is 5.78 Å². The summed E-state index contributed by atoms with van der Waals surface area (Å²) < 4.78 is 5.62. The van der Waals surface area contributed by atoms with Crippen LogP contribution < -0.4 is 0 Å². The molecular formula is C24H31NO3. The highest BCUT2D eigenvalue weighted by atomic mass is 16.6. The monoisotopic (exact) mass is 381 g/mol. The average Bonchev–Trinajstić information content (AvgIpc) is 3.01. The highest BCUT2D eigenvalue weighted by Gasteiger charge is 2.31. The molecule has 0 aromatic heterocycles. The number of Topliss-reactive ketones (excluding diaryl/α,β-unsaturated/α-hetero) is 1. The molecule has 0 saturated heterocycles. The predicted octanol–water partition coefficient (Wildman–Crippen LogP) is 5.51. The minimum absolute atomic E-state index is 0.0228. The molecule has 28 heavy (non-hydrogen) atoms. The summed E-state index contributed by atoms with van der Waals surface area (Å²) in [6, 6.07) is 16.0. The Bertz CT molecular complexity index is 783. The Labute approximate surface area is 168 Å². The van der Waals surface area contributed by atoms with Gasteiger partial charge in [0.25, 0.3) is 0 Å². The van der Waals surface area contributed by atoms with Crippen molar-refractivity contribution in [2.75, 3.05) is 13.7 Å². The molecule has 0 fully saturated rings. The van der Waals surface area contributed by atoms with Crippen molar-refractivity contribution in [2.24, 2.45) is 5.92 Å². The molecule has 150 valence electrons. The Hall–Kier alpha value is -2.62. The molecule has 0 N–H and O–H groups in total. The Morgan fingerprint density at radius 2 is 1.43 bits per heavy atom. The molecule has 1 unspecified atom stereocenters. The number of ether oxygens (including phenoxy) is 1. The van der Waals surface area contributed by atoms with Gasteiger partial charge in [0.2, 0.25) is 0 Å². The van der Waals surface area contributed by atoms with Gasteiger partial charge >= 0.3 is 6.09 Å². The number of fused-ring (bicyclic) bond motifs is 3. The van der Waals surface area contributed by atoms with Crippen molar-refractivity contribution >= 4 is 11.9 Å². The van der Waals surface area contributed by atoms with Crippen LogP contribution >= 0.6 is 0 Å². The summed E-state index contributed by atoms with van der Waals surface area (Å²) in [6.45, 7) is 9.64. The lowest BCUT2D eigenvalue weighted by Gasteiger charge is -2.29. The summed E-state index contributed by atoms with van der Waals surface area (Å²) in [5.41, 5.74) is 4.75. The van der Waals surface area contributed by atoms with Gasteiger partial charge in [-0.15, -0.1) is 0 Å². The molecule has 0 saturated carbocycles. The van der Waals surface area contributed by atoms with E-state index in [1.54, 1.807) is 7.05 Å². The largest absolute Gasteiger partial charge is 0.448 e. The molecule has 1 aliphatic rings. The lowest BCUT2D eigenvalue weighted by molar-refractivity contribution is -0.122. The maximum Gasteiger partial charge on any atom is 0.410 e. The number of hydrogen-bond acceptors (Lipinski definition) is 3. The van der Waals surface area contributed by atoms with Crippen LogP contribution in [0.2, 0.25) is 0 Å². The summed E-state index contributed by atoms with van der Waals surface area (Å²) in [5, 5.41) is 0. The Morgan fingerprint density at radius 1 is 0.964 bits per heavy atom. The fourth-order valence-electron chi connectivity index (χ4n) is 4.00. The molecule has 2 aromatic rings. The molecule has 2 aromatic carbocycles. The molecular weight excluding hydrogens is 350 g/mol. The summed E-state index contributed by atoms with van der Waals surface area (Å²) in [6.07, 6.45) is -0.458. The van der Waals surface area contributed by atoms with Gasteiger partial charge in [-0.05, 0) is 35.1 Å². The van der Waals surface area contributed by atoms with Gasteiger partial charge in [-0.2, -0.15) is 0 Å². The van der Waals surface area contributed by atoms with Crippen LogP contribution in [0.3, 0.4) is 0 Å². The van der Waals surface area contributed by atoms with E-state index in [4.69, 9.17) is 4.74 Å². The summed E-state index contributed by atoms with van der Waals surface area (Å²) in [7, 11) is 1.63. The van der Waals surface area contributed by atoms with E-state index in [-0.39, 0.29) is 24.2 Å². The molecule has 4 nitrogen and oxygen atoms in total. The summed E-state index contributed by atoms with van der Waals surface area (Å²) >= 11 is 0. The Balaban J connectivity index is 0.00000136. The van der Waals surface area contributed by atoms with E-state index in [2.05, 4.69) is 24.3 Å². The van der Waals surface area contributed by atoms with Gasteiger partial charge in [0.1, 0.15) is 6.61 Å². The molecule has 4 heteroatoms. The van der Waals surface area contributed by atoms with Crippen molar-refractivity contribution in [3.05, 3.63) is 59.7 Å². The van der Waals surface area contributed by atoms with Crippen LogP contribution in [0.5, 0.6) is 0 Å². The van der Waals surface area contributed by atoms with Crippen LogP contribution in [0.15, 0.2) is 48.5 Å². The first kappa shape index (κ1) is 21.7. The quantitative estimate of drug-likeness (QED) is 0.686. The first-order valence-electron chi connectivity index (χ1n) is 10.00. The smallest absolute Gasteiger partial charge is 0.410 e. The number of benzene rings is 2. The van der Waals surface area contributed by atoms with E-state index >= 15 is 0 Å². The molecule has 1 atom stereocenters. The maximum atomic E-state index is 12.5. The number of nitrogens with zero attached hydrogens (tertiary/aromatic N) is 1. The van der Waals surface area contributed by atoms with Crippen molar-refractivity contribution in [3.63, 3.8) is 0 Å². The SMILES string of the molecule is CC.CC(=O)C(C(C)C)N(C)C(=O)OCC1c2ccccc2-c2ccccc21.